The molecular formula is C23H28N4OS. The maximum absolute atomic E-state index is 12.8. The van der Waals surface area contributed by atoms with Crippen LogP contribution in [0.1, 0.15) is 34.6 Å². The van der Waals surface area contributed by atoms with Crippen LogP contribution >= 0.6 is 11.3 Å². The Balaban J connectivity index is 1.29. The molecule has 1 aliphatic carbocycles. The lowest BCUT2D eigenvalue weighted by atomic mass is 9.91. The molecule has 1 unspecified atom stereocenters. The molecule has 1 fully saturated rings. The molecule has 3 heterocycles. The van der Waals surface area contributed by atoms with Crippen LogP contribution in [-0.2, 0) is 11.2 Å². The molecule has 1 amide bonds. The maximum atomic E-state index is 12.8. The molecule has 5 nitrogen and oxygen atoms in total. The van der Waals surface area contributed by atoms with Gasteiger partial charge >= 0.3 is 0 Å². The molecular weight excluding hydrogens is 380 g/mol. The standard InChI is InChI=1S/C23H28N4OS/c1-17-14-20-21(29-17)9-5-6-18-15-22(28)27(24-23(18)20)16-25-10-12-26(13-11-25)19-7-3-2-4-8-19/h2-4,7-8,14,18H,5-6,9-13,15-16H2,1H3. The lowest BCUT2D eigenvalue weighted by molar-refractivity contribution is -0.135. The zero-order valence-electron chi connectivity index (χ0n) is 17.0. The first-order chi connectivity index (χ1) is 14.2. The third kappa shape index (κ3) is 3.83. The fourth-order valence-corrected chi connectivity index (χ4v) is 5.84. The summed E-state index contributed by atoms with van der Waals surface area (Å²) in [5.41, 5.74) is 3.74. The fraction of sp³-hybridized carbons (Fsp3) is 0.478. The number of para-hydroxylation sites is 1. The molecule has 0 saturated carbocycles. The summed E-state index contributed by atoms with van der Waals surface area (Å²) in [7, 11) is 0. The minimum Gasteiger partial charge on any atom is -0.369 e. The summed E-state index contributed by atoms with van der Waals surface area (Å²) in [5, 5.41) is 6.66. The zero-order chi connectivity index (χ0) is 19.8. The number of amides is 1. The molecule has 0 radical (unpaired) electrons. The molecule has 29 heavy (non-hydrogen) atoms. The van der Waals surface area contributed by atoms with Gasteiger partial charge in [0.1, 0.15) is 0 Å². The van der Waals surface area contributed by atoms with E-state index >= 15 is 0 Å². The average Bonchev–Trinajstić information content (AvgIpc) is 3.03. The lowest BCUT2D eigenvalue weighted by Gasteiger charge is -2.38. The van der Waals surface area contributed by atoms with Gasteiger partial charge in [0.15, 0.2) is 0 Å². The highest BCUT2D eigenvalue weighted by Gasteiger charge is 2.34. The van der Waals surface area contributed by atoms with Crippen molar-refractivity contribution in [2.24, 2.45) is 11.0 Å². The number of nitrogens with zero attached hydrogens (tertiary/aromatic N) is 4. The Morgan fingerprint density at radius 2 is 1.93 bits per heavy atom. The van der Waals surface area contributed by atoms with Gasteiger partial charge in [-0.1, -0.05) is 18.2 Å². The Labute approximate surface area is 176 Å². The summed E-state index contributed by atoms with van der Waals surface area (Å²) < 4.78 is 0. The Kier molecular flexibility index (Phi) is 5.14. The van der Waals surface area contributed by atoms with E-state index in [9.17, 15) is 4.79 Å². The molecule has 2 aliphatic heterocycles. The number of hydrogen-bond acceptors (Lipinski definition) is 5. The lowest BCUT2D eigenvalue weighted by Crippen LogP contribution is -2.51. The SMILES string of the molecule is Cc1cc2c(s1)CCCC1CC(=O)N(CN3CCN(c4ccccc4)CC3)N=C21. The second-order valence-corrected chi connectivity index (χ2v) is 9.69. The van der Waals surface area contributed by atoms with E-state index in [-0.39, 0.29) is 5.91 Å². The maximum Gasteiger partial charge on any atom is 0.244 e. The third-order valence-electron chi connectivity index (χ3n) is 6.32. The second kappa shape index (κ2) is 7.92. The summed E-state index contributed by atoms with van der Waals surface area (Å²) in [4.78, 5) is 20.4. The molecule has 152 valence electrons. The van der Waals surface area contributed by atoms with E-state index in [1.54, 1.807) is 5.01 Å². The van der Waals surface area contributed by atoms with E-state index in [1.807, 2.05) is 11.3 Å². The average molecular weight is 409 g/mol. The molecule has 1 atom stereocenters. The summed E-state index contributed by atoms with van der Waals surface area (Å²) in [5.74, 6) is 0.476. The molecule has 1 aromatic heterocycles. The van der Waals surface area contributed by atoms with Gasteiger partial charge in [-0.25, -0.2) is 5.01 Å². The smallest absolute Gasteiger partial charge is 0.244 e. The largest absolute Gasteiger partial charge is 0.369 e. The van der Waals surface area contributed by atoms with Crippen LogP contribution in [0.4, 0.5) is 5.69 Å². The van der Waals surface area contributed by atoms with Gasteiger partial charge < -0.3 is 4.90 Å². The number of benzene rings is 1. The van der Waals surface area contributed by atoms with Gasteiger partial charge in [0.05, 0.1) is 12.4 Å². The number of anilines is 1. The quantitative estimate of drug-likeness (QED) is 0.777. The summed E-state index contributed by atoms with van der Waals surface area (Å²) in [6.45, 7) is 6.66. The van der Waals surface area contributed by atoms with E-state index in [1.165, 1.54) is 21.0 Å². The number of piperazine rings is 1. The van der Waals surface area contributed by atoms with Gasteiger partial charge in [-0.3, -0.25) is 9.69 Å². The van der Waals surface area contributed by atoms with E-state index in [4.69, 9.17) is 5.10 Å². The summed E-state index contributed by atoms with van der Waals surface area (Å²) >= 11 is 1.89. The first-order valence-electron chi connectivity index (χ1n) is 10.7. The number of rotatable bonds is 3. The molecule has 0 bridgehead atoms. The van der Waals surface area contributed by atoms with Crippen molar-refractivity contribution in [3.05, 3.63) is 51.7 Å². The second-order valence-electron chi connectivity index (χ2n) is 8.35. The van der Waals surface area contributed by atoms with Crippen LogP contribution in [-0.4, -0.2) is 54.4 Å². The van der Waals surface area contributed by atoms with Crippen LogP contribution in [0.5, 0.6) is 0 Å². The molecule has 0 N–H and O–H groups in total. The van der Waals surface area contributed by atoms with Crippen LogP contribution in [0, 0.1) is 12.8 Å². The Hall–Kier alpha value is -2.18. The number of hydrogen-bond donors (Lipinski definition) is 0. The van der Waals surface area contributed by atoms with Crippen molar-refractivity contribution in [3.63, 3.8) is 0 Å². The minimum atomic E-state index is 0.180. The molecule has 5 rings (SSSR count). The van der Waals surface area contributed by atoms with Crippen molar-refractivity contribution in [1.29, 1.82) is 0 Å². The van der Waals surface area contributed by atoms with E-state index < -0.39 is 0 Å². The molecule has 2 aromatic rings. The van der Waals surface area contributed by atoms with Crippen molar-refractivity contribution < 1.29 is 4.79 Å². The van der Waals surface area contributed by atoms with Gasteiger partial charge in [-0.05, 0) is 44.4 Å². The summed E-state index contributed by atoms with van der Waals surface area (Å²) in [6.07, 6.45) is 3.97. The molecule has 6 heteroatoms. The Bertz CT molecular complexity index is 914. The number of carbonyl (C=O) groups is 1. The van der Waals surface area contributed by atoms with Crippen molar-refractivity contribution in [2.75, 3.05) is 37.7 Å². The van der Waals surface area contributed by atoms with E-state index in [2.05, 4.69) is 53.1 Å². The van der Waals surface area contributed by atoms with Crippen LogP contribution < -0.4 is 4.90 Å². The zero-order valence-corrected chi connectivity index (χ0v) is 17.8. The predicted octanol–water partition coefficient (Wildman–Crippen LogP) is 3.73. The monoisotopic (exact) mass is 408 g/mol. The van der Waals surface area contributed by atoms with Gasteiger partial charge in [0.2, 0.25) is 5.91 Å². The number of thiophene rings is 1. The number of fused-ring (bicyclic) bond motifs is 3. The summed E-state index contributed by atoms with van der Waals surface area (Å²) in [6, 6.07) is 12.9. The molecule has 1 aromatic carbocycles. The van der Waals surface area contributed by atoms with Crippen LogP contribution in [0.15, 0.2) is 41.5 Å². The van der Waals surface area contributed by atoms with Crippen LogP contribution in [0.2, 0.25) is 0 Å². The Morgan fingerprint density at radius 1 is 1.14 bits per heavy atom. The Morgan fingerprint density at radius 3 is 2.72 bits per heavy atom. The van der Waals surface area contributed by atoms with Crippen LogP contribution in [0.3, 0.4) is 0 Å². The van der Waals surface area contributed by atoms with Crippen LogP contribution in [0.25, 0.3) is 0 Å². The first-order valence-corrected chi connectivity index (χ1v) is 11.5. The molecule has 0 spiro atoms. The van der Waals surface area contributed by atoms with E-state index in [0.717, 1.165) is 51.2 Å². The fourth-order valence-electron chi connectivity index (χ4n) is 4.75. The van der Waals surface area contributed by atoms with E-state index in [0.29, 0.717) is 19.0 Å². The topological polar surface area (TPSA) is 39.2 Å². The molecule has 1 saturated heterocycles. The molecule has 3 aliphatic rings. The number of carbonyl (C=O) groups excluding carboxylic acids is 1. The normalized spacial score (nSPS) is 22.7. The van der Waals surface area contributed by atoms with Crippen molar-refractivity contribution in [3.8, 4) is 0 Å². The van der Waals surface area contributed by atoms with Crippen molar-refractivity contribution in [2.45, 2.75) is 32.6 Å². The third-order valence-corrected chi connectivity index (χ3v) is 7.43. The van der Waals surface area contributed by atoms with Crippen molar-refractivity contribution >= 4 is 28.6 Å². The highest BCUT2D eigenvalue weighted by atomic mass is 32.1. The van der Waals surface area contributed by atoms with Gasteiger partial charge in [0.25, 0.3) is 0 Å². The predicted molar refractivity (Wildman–Crippen MR) is 119 cm³/mol. The van der Waals surface area contributed by atoms with Crippen molar-refractivity contribution in [1.82, 2.24) is 9.91 Å². The highest BCUT2D eigenvalue weighted by molar-refractivity contribution is 7.12. The first kappa shape index (κ1) is 18.8. The van der Waals surface area contributed by atoms with Gasteiger partial charge in [-0.15, -0.1) is 11.3 Å². The van der Waals surface area contributed by atoms with Gasteiger partial charge in [-0.2, -0.15) is 5.10 Å². The number of aryl methyl sites for hydroxylation is 2. The van der Waals surface area contributed by atoms with Gasteiger partial charge in [0, 0.05) is 59.5 Å². The highest BCUT2D eigenvalue weighted by Crippen LogP contribution is 2.35. The number of hydrazone groups is 1. The minimum absolute atomic E-state index is 0.180.